The van der Waals surface area contributed by atoms with Crippen LogP contribution in [0.25, 0.3) is 0 Å². The maximum Gasteiger partial charge on any atom is 0.411 e. The molecular weight excluding hydrogens is 235 g/mol. The van der Waals surface area contributed by atoms with Gasteiger partial charge in [-0.3, -0.25) is 0 Å². The van der Waals surface area contributed by atoms with E-state index in [0.717, 1.165) is 19.4 Å². The van der Waals surface area contributed by atoms with Gasteiger partial charge in [0, 0.05) is 12.6 Å². The Morgan fingerprint density at radius 1 is 1.06 bits per heavy atom. The molecule has 1 rings (SSSR count). The second kappa shape index (κ2) is 7.89. The summed E-state index contributed by atoms with van der Waals surface area (Å²) in [6.45, 7) is 0.660. The Kier molecular flexibility index (Phi) is 6.84. The zero-order chi connectivity index (χ0) is 12.6. The zero-order valence-corrected chi connectivity index (χ0v) is 9.89. The molecule has 0 spiro atoms. The summed E-state index contributed by atoms with van der Waals surface area (Å²) < 4.78 is 44.7. The summed E-state index contributed by atoms with van der Waals surface area (Å²) in [4.78, 5) is 0. The number of hydrogen-bond acceptors (Lipinski definition) is 3. The molecule has 1 aliphatic rings. The van der Waals surface area contributed by atoms with Gasteiger partial charge in [-0.25, -0.2) is 0 Å². The van der Waals surface area contributed by atoms with Gasteiger partial charge in [-0.15, -0.1) is 0 Å². The van der Waals surface area contributed by atoms with E-state index in [2.05, 4.69) is 10.1 Å². The van der Waals surface area contributed by atoms with E-state index in [-0.39, 0.29) is 13.2 Å². The fraction of sp³-hybridized carbons (Fsp3) is 1.00. The Morgan fingerprint density at radius 3 is 2.47 bits per heavy atom. The molecule has 17 heavy (non-hydrogen) atoms. The molecule has 0 aromatic rings. The molecular formula is C11H20F3NO2. The molecule has 1 fully saturated rings. The quantitative estimate of drug-likeness (QED) is 0.707. The van der Waals surface area contributed by atoms with Crippen LogP contribution in [0.1, 0.15) is 25.7 Å². The van der Waals surface area contributed by atoms with E-state index < -0.39 is 12.8 Å². The highest BCUT2D eigenvalue weighted by molar-refractivity contribution is 4.71. The number of ether oxygens (including phenoxy) is 2. The van der Waals surface area contributed by atoms with Crippen LogP contribution in [0.2, 0.25) is 0 Å². The van der Waals surface area contributed by atoms with Crippen LogP contribution >= 0.6 is 0 Å². The molecule has 1 saturated heterocycles. The van der Waals surface area contributed by atoms with Crippen LogP contribution in [0.3, 0.4) is 0 Å². The minimum Gasteiger partial charge on any atom is -0.379 e. The summed E-state index contributed by atoms with van der Waals surface area (Å²) in [6.07, 6.45) is 0.300. The van der Waals surface area contributed by atoms with E-state index in [4.69, 9.17) is 4.74 Å². The van der Waals surface area contributed by atoms with E-state index in [9.17, 15) is 13.2 Å². The normalized spacial score (nSPS) is 21.7. The van der Waals surface area contributed by atoms with Gasteiger partial charge in [0.05, 0.1) is 13.2 Å². The number of hydrogen-bond donors (Lipinski definition) is 1. The van der Waals surface area contributed by atoms with E-state index in [1.807, 2.05) is 0 Å². The summed E-state index contributed by atoms with van der Waals surface area (Å²) >= 11 is 0. The van der Waals surface area contributed by atoms with Crippen molar-refractivity contribution in [1.82, 2.24) is 5.32 Å². The first-order chi connectivity index (χ1) is 8.08. The molecule has 0 saturated carbocycles. The second-order valence-corrected chi connectivity index (χ2v) is 4.22. The van der Waals surface area contributed by atoms with Gasteiger partial charge in [0.15, 0.2) is 0 Å². The van der Waals surface area contributed by atoms with Crippen molar-refractivity contribution >= 4 is 0 Å². The maximum atomic E-state index is 11.7. The fourth-order valence-corrected chi connectivity index (χ4v) is 1.80. The minimum absolute atomic E-state index is 0.00238. The lowest BCUT2D eigenvalue weighted by Crippen LogP contribution is -2.34. The van der Waals surface area contributed by atoms with Crippen LogP contribution in [0, 0.1) is 0 Å². The van der Waals surface area contributed by atoms with Gasteiger partial charge < -0.3 is 14.8 Å². The van der Waals surface area contributed by atoms with E-state index >= 15 is 0 Å². The molecule has 0 aromatic heterocycles. The fourth-order valence-electron chi connectivity index (χ4n) is 1.80. The van der Waals surface area contributed by atoms with Gasteiger partial charge in [-0.2, -0.15) is 13.2 Å². The van der Waals surface area contributed by atoms with Crippen LogP contribution in [-0.4, -0.2) is 45.2 Å². The summed E-state index contributed by atoms with van der Waals surface area (Å²) in [6, 6.07) is 0.500. The molecule has 6 heteroatoms. The number of alkyl halides is 3. The SMILES string of the molecule is FC(F)(F)COCCOCCC1CCCCN1. The molecule has 1 atom stereocenters. The Morgan fingerprint density at radius 2 is 1.82 bits per heavy atom. The third kappa shape index (κ3) is 8.40. The van der Waals surface area contributed by atoms with Crippen molar-refractivity contribution in [2.75, 3.05) is 33.0 Å². The van der Waals surface area contributed by atoms with Crippen molar-refractivity contribution < 1.29 is 22.6 Å². The van der Waals surface area contributed by atoms with Gasteiger partial charge in [0.1, 0.15) is 6.61 Å². The minimum atomic E-state index is -4.24. The van der Waals surface area contributed by atoms with Crippen LogP contribution in [0.4, 0.5) is 13.2 Å². The maximum absolute atomic E-state index is 11.7. The number of piperidine rings is 1. The zero-order valence-electron chi connectivity index (χ0n) is 9.89. The van der Waals surface area contributed by atoms with Gasteiger partial charge in [0.2, 0.25) is 0 Å². The van der Waals surface area contributed by atoms with Gasteiger partial charge in [-0.05, 0) is 25.8 Å². The molecule has 102 valence electrons. The Labute approximate surface area is 99.7 Å². The second-order valence-electron chi connectivity index (χ2n) is 4.22. The average Bonchev–Trinajstić information content (AvgIpc) is 2.28. The topological polar surface area (TPSA) is 30.5 Å². The average molecular weight is 255 g/mol. The molecule has 0 aliphatic carbocycles. The van der Waals surface area contributed by atoms with Crippen LogP contribution in [0.5, 0.6) is 0 Å². The molecule has 3 nitrogen and oxygen atoms in total. The molecule has 0 radical (unpaired) electrons. The smallest absolute Gasteiger partial charge is 0.379 e. The highest BCUT2D eigenvalue weighted by Gasteiger charge is 2.27. The molecule has 1 N–H and O–H groups in total. The Balaban J connectivity index is 1.84. The van der Waals surface area contributed by atoms with Crippen molar-refractivity contribution in [3.05, 3.63) is 0 Å². The van der Waals surface area contributed by atoms with Crippen LogP contribution < -0.4 is 5.32 Å². The van der Waals surface area contributed by atoms with Gasteiger partial charge in [-0.1, -0.05) is 6.42 Å². The number of nitrogens with one attached hydrogen (secondary N) is 1. The lowest BCUT2D eigenvalue weighted by atomic mass is 10.0. The Bertz CT molecular complexity index is 194. The van der Waals surface area contributed by atoms with E-state index in [1.165, 1.54) is 12.8 Å². The first-order valence-electron chi connectivity index (χ1n) is 6.03. The molecule has 1 unspecified atom stereocenters. The standard InChI is InChI=1S/C11H20F3NO2/c12-11(13,14)9-17-8-7-16-6-4-10-3-1-2-5-15-10/h10,15H,1-9H2. The lowest BCUT2D eigenvalue weighted by molar-refractivity contribution is -0.176. The van der Waals surface area contributed by atoms with Crippen LogP contribution in [0.15, 0.2) is 0 Å². The Hall–Kier alpha value is -0.330. The lowest BCUT2D eigenvalue weighted by Gasteiger charge is -2.23. The van der Waals surface area contributed by atoms with Crippen LogP contribution in [-0.2, 0) is 9.47 Å². The summed E-state index contributed by atoms with van der Waals surface area (Å²) in [5, 5.41) is 3.38. The predicted molar refractivity (Wildman–Crippen MR) is 58.0 cm³/mol. The van der Waals surface area contributed by atoms with Crippen molar-refractivity contribution in [2.45, 2.75) is 37.9 Å². The third-order valence-electron chi connectivity index (χ3n) is 2.66. The largest absolute Gasteiger partial charge is 0.411 e. The van der Waals surface area contributed by atoms with Crippen molar-refractivity contribution in [3.8, 4) is 0 Å². The molecule has 0 amide bonds. The first-order valence-corrected chi connectivity index (χ1v) is 6.03. The monoisotopic (exact) mass is 255 g/mol. The highest BCUT2D eigenvalue weighted by atomic mass is 19.4. The first kappa shape index (κ1) is 14.7. The van der Waals surface area contributed by atoms with E-state index in [0.29, 0.717) is 12.6 Å². The number of halogens is 3. The van der Waals surface area contributed by atoms with E-state index in [1.54, 1.807) is 0 Å². The predicted octanol–water partition coefficient (Wildman–Crippen LogP) is 2.11. The summed E-state index contributed by atoms with van der Waals surface area (Å²) in [5.41, 5.74) is 0. The number of rotatable bonds is 7. The van der Waals surface area contributed by atoms with Gasteiger partial charge in [0.25, 0.3) is 0 Å². The molecule has 1 aliphatic heterocycles. The van der Waals surface area contributed by atoms with Gasteiger partial charge >= 0.3 is 6.18 Å². The molecule has 0 bridgehead atoms. The van der Waals surface area contributed by atoms with Crippen molar-refractivity contribution in [3.63, 3.8) is 0 Å². The molecule has 1 heterocycles. The summed E-state index contributed by atoms with van der Waals surface area (Å²) in [5.74, 6) is 0. The van der Waals surface area contributed by atoms with Crippen molar-refractivity contribution in [1.29, 1.82) is 0 Å². The van der Waals surface area contributed by atoms with Crippen molar-refractivity contribution in [2.24, 2.45) is 0 Å². The molecule has 0 aromatic carbocycles. The third-order valence-corrected chi connectivity index (χ3v) is 2.66. The summed E-state index contributed by atoms with van der Waals surface area (Å²) in [7, 11) is 0. The highest BCUT2D eigenvalue weighted by Crippen LogP contribution is 2.14.